The lowest BCUT2D eigenvalue weighted by molar-refractivity contribution is 0.225. The second kappa shape index (κ2) is 8.92. The molecule has 0 bridgehead atoms. The number of carbonyl (C=O) groups is 1. The summed E-state index contributed by atoms with van der Waals surface area (Å²) in [4.78, 5) is 13.5. The molecule has 0 aromatic heterocycles. The number of aliphatic hydroxyl groups is 1. The number of benzene rings is 2. The smallest absolute Gasteiger partial charge is 0.319 e. The van der Waals surface area contributed by atoms with E-state index in [9.17, 15) is 9.90 Å². The number of anilines is 1. The molecule has 1 atom stereocenters. The number of para-hydroxylation sites is 1. The van der Waals surface area contributed by atoms with Crippen molar-refractivity contribution in [3.8, 4) is 0 Å². The summed E-state index contributed by atoms with van der Waals surface area (Å²) >= 11 is 1.85. The van der Waals surface area contributed by atoms with Gasteiger partial charge >= 0.3 is 6.03 Å². The van der Waals surface area contributed by atoms with Crippen LogP contribution >= 0.6 is 11.8 Å². The van der Waals surface area contributed by atoms with Crippen LogP contribution in [0.15, 0.2) is 59.5 Å². The third kappa shape index (κ3) is 5.00. The Labute approximate surface area is 153 Å². The molecule has 1 saturated carbocycles. The molecule has 4 nitrogen and oxygen atoms in total. The third-order valence-electron chi connectivity index (χ3n) is 4.42. The first-order valence-electron chi connectivity index (χ1n) is 8.75. The summed E-state index contributed by atoms with van der Waals surface area (Å²) in [7, 11) is 0. The molecule has 0 radical (unpaired) electrons. The van der Waals surface area contributed by atoms with Gasteiger partial charge in [0.2, 0.25) is 0 Å². The van der Waals surface area contributed by atoms with E-state index in [1.807, 2.05) is 60.3 Å². The molecule has 0 saturated heterocycles. The van der Waals surface area contributed by atoms with Crippen LogP contribution < -0.4 is 10.6 Å². The van der Waals surface area contributed by atoms with E-state index >= 15 is 0 Å². The predicted molar refractivity (Wildman–Crippen MR) is 103 cm³/mol. The lowest BCUT2D eigenvalue weighted by atomic mass is 10.1. The van der Waals surface area contributed by atoms with Crippen LogP contribution in [0.25, 0.3) is 0 Å². The molecule has 0 aliphatic heterocycles. The van der Waals surface area contributed by atoms with Crippen molar-refractivity contribution in [3.63, 3.8) is 0 Å². The molecule has 2 amide bonds. The Morgan fingerprint density at radius 2 is 1.76 bits per heavy atom. The number of hydrogen-bond acceptors (Lipinski definition) is 3. The highest BCUT2D eigenvalue weighted by atomic mass is 32.2. The summed E-state index contributed by atoms with van der Waals surface area (Å²) in [6, 6.07) is 16.7. The number of rotatable bonds is 6. The number of nitrogens with one attached hydrogen (secondary N) is 2. The first-order chi connectivity index (χ1) is 12.3. The zero-order valence-corrected chi connectivity index (χ0v) is 15.0. The maximum absolute atomic E-state index is 12.4. The summed E-state index contributed by atoms with van der Waals surface area (Å²) in [6.07, 6.45) is 5.07. The fourth-order valence-electron chi connectivity index (χ4n) is 3.09. The maximum Gasteiger partial charge on any atom is 0.319 e. The van der Waals surface area contributed by atoms with Crippen molar-refractivity contribution in [2.45, 2.75) is 41.9 Å². The zero-order chi connectivity index (χ0) is 17.5. The van der Waals surface area contributed by atoms with Gasteiger partial charge in [0.05, 0.1) is 18.3 Å². The Morgan fingerprint density at radius 1 is 1.08 bits per heavy atom. The van der Waals surface area contributed by atoms with Crippen LogP contribution in [0, 0.1) is 0 Å². The van der Waals surface area contributed by atoms with E-state index in [0.717, 1.165) is 16.1 Å². The van der Waals surface area contributed by atoms with Gasteiger partial charge in [-0.2, -0.15) is 0 Å². The van der Waals surface area contributed by atoms with Crippen molar-refractivity contribution in [2.75, 3.05) is 11.9 Å². The highest BCUT2D eigenvalue weighted by Gasteiger charge is 2.19. The first kappa shape index (κ1) is 17.8. The van der Waals surface area contributed by atoms with Crippen LogP contribution in [-0.2, 0) is 0 Å². The van der Waals surface area contributed by atoms with Crippen LogP contribution in [-0.4, -0.2) is 23.0 Å². The minimum Gasteiger partial charge on any atom is -0.394 e. The minimum atomic E-state index is -0.421. The molecule has 0 heterocycles. The van der Waals surface area contributed by atoms with Gasteiger partial charge in [-0.05, 0) is 30.5 Å². The molecule has 132 valence electrons. The highest BCUT2D eigenvalue weighted by Crippen LogP contribution is 2.38. The van der Waals surface area contributed by atoms with Gasteiger partial charge in [-0.15, -0.1) is 11.8 Å². The van der Waals surface area contributed by atoms with Gasteiger partial charge in [0, 0.05) is 10.1 Å². The molecule has 0 spiro atoms. The van der Waals surface area contributed by atoms with E-state index in [4.69, 9.17) is 0 Å². The Balaban J connectivity index is 1.64. The summed E-state index contributed by atoms with van der Waals surface area (Å²) in [5, 5.41) is 16.0. The average Bonchev–Trinajstić information content (AvgIpc) is 3.15. The number of amides is 2. The van der Waals surface area contributed by atoms with Crippen molar-refractivity contribution in [1.29, 1.82) is 0 Å². The lowest BCUT2D eigenvalue weighted by Gasteiger charge is -2.19. The molecule has 5 heteroatoms. The first-order valence-corrected chi connectivity index (χ1v) is 9.63. The Hall–Kier alpha value is -1.98. The molecule has 1 aliphatic carbocycles. The number of thioether (sulfide) groups is 1. The van der Waals surface area contributed by atoms with Crippen LogP contribution in [0.1, 0.15) is 37.3 Å². The molecule has 3 N–H and O–H groups in total. The predicted octanol–water partition coefficient (Wildman–Crippen LogP) is 4.58. The quantitative estimate of drug-likeness (QED) is 0.710. The van der Waals surface area contributed by atoms with E-state index in [1.54, 1.807) is 0 Å². The Bertz CT molecular complexity index is 687. The van der Waals surface area contributed by atoms with E-state index < -0.39 is 6.04 Å². The molecular formula is C20H24N2O2S. The molecule has 2 aromatic carbocycles. The Kier molecular flexibility index (Phi) is 6.36. The summed E-state index contributed by atoms with van der Waals surface area (Å²) < 4.78 is 0. The topological polar surface area (TPSA) is 61.4 Å². The number of urea groups is 1. The molecule has 25 heavy (non-hydrogen) atoms. The number of carbonyl (C=O) groups excluding carboxylic acids is 1. The van der Waals surface area contributed by atoms with E-state index in [2.05, 4.69) is 16.7 Å². The fraction of sp³-hybridized carbons (Fsp3) is 0.350. The van der Waals surface area contributed by atoms with Gasteiger partial charge in [0.25, 0.3) is 0 Å². The maximum atomic E-state index is 12.4. The van der Waals surface area contributed by atoms with E-state index in [0.29, 0.717) is 5.25 Å². The molecule has 2 aromatic rings. The second-order valence-corrected chi connectivity index (χ2v) is 7.61. The highest BCUT2D eigenvalue weighted by molar-refractivity contribution is 8.00. The van der Waals surface area contributed by atoms with Gasteiger partial charge in [-0.25, -0.2) is 4.79 Å². The average molecular weight is 356 g/mol. The van der Waals surface area contributed by atoms with Crippen LogP contribution in [0.4, 0.5) is 10.5 Å². The number of aliphatic hydroxyl groups excluding tert-OH is 1. The van der Waals surface area contributed by atoms with E-state index in [-0.39, 0.29) is 12.6 Å². The van der Waals surface area contributed by atoms with Crippen molar-refractivity contribution in [3.05, 3.63) is 60.2 Å². The van der Waals surface area contributed by atoms with Gasteiger partial charge < -0.3 is 15.7 Å². The van der Waals surface area contributed by atoms with Crippen LogP contribution in [0.3, 0.4) is 0 Å². The van der Waals surface area contributed by atoms with E-state index in [1.165, 1.54) is 25.7 Å². The SMILES string of the molecule is O=C(Nc1ccccc1SC1CCCC1)NC(CO)c1ccccc1. The van der Waals surface area contributed by atoms with Gasteiger partial charge in [0.15, 0.2) is 0 Å². The summed E-state index contributed by atoms with van der Waals surface area (Å²) in [6.45, 7) is -0.143. The standard InChI is InChI=1S/C20H24N2O2S/c23-14-18(15-8-2-1-3-9-15)22-20(24)21-17-12-6-7-13-19(17)25-16-10-4-5-11-16/h1-3,6-9,12-13,16,18,23H,4-5,10-11,14H2,(H2,21,22,24). The lowest BCUT2D eigenvalue weighted by Crippen LogP contribution is -2.34. The Morgan fingerprint density at radius 3 is 2.48 bits per heavy atom. The zero-order valence-electron chi connectivity index (χ0n) is 14.2. The van der Waals surface area contributed by atoms with Crippen LogP contribution in [0.5, 0.6) is 0 Å². The van der Waals surface area contributed by atoms with Crippen molar-refractivity contribution in [2.24, 2.45) is 0 Å². The molecular weight excluding hydrogens is 332 g/mol. The summed E-state index contributed by atoms with van der Waals surface area (Å²) in [5.41, 5.74) is 1.70. The summed E-state index contributed by atoms with van der Waals surface area (Å²) in [5.74, 6) is 0. The minimum absolute atomic E-state index is 0.143. The monoisotopic (exact) mass is 356 g/mol. The number of hydrogen-bond donors (Lipinski definition) is 3. The van der Waals surface area contributed by atoms with Crippen molar-refractivity contribution >= 4 is 23.5 Å². The van der Waals surface area contributed by atoms with Crippen molar-refractivity contribution < 1.29 is 9.90 Å². The molecule has 1 aliphatic rings. The normalized spacial score (nSPS) is 15.7. The van der Waals surface area contributed by atoms with Gasteiger partial charge in [-0.3, -0.25) is 0 Å². The largest absolute Gasteiger partial charge is 0.394 e. The van der Waals surface area contributed by atoms with Gasteiger partial charge in [-0.1, -0.05) is 55.3 Å². The van der Waals surface area contributed by atoms with Gasteiger partial charge in [0.1, 0.15) is 0 Å². The third-order valence-corrected chi connectivity index (χ3v) is 5.84. The fourth-order valence-corrected chi connectivity index (χ4v) is 4.43. The van der Waals surface area contributed by atoms with Crippen LogP contribution in [0.2, 0.25) is 0 Å². The van der Waals surface area contributed by atoms with Crippen molar-refractivity contribution in [1.82, 2.24) is 5.32 Å². The molecule has 1 fully saturated rings. The molecule has 3 rings (SSSR count). The second-order valence-electron chi connectivity index (χ2n) is 6.26. The molecule has 1 unspecified atom stereocenters.